The number of aryl methyl sites for hydroxylation is 1. The predicted molar refractivity (Wildman–Crippen MR) is 116 cm³/mol. The van der Waals surface area contributed by atoms with Crippen LogP contribution in [0.1, 0.15) is 11.3 Å². The molecule has 1 aromatic heterocycles. The maximum absolute atomic E-state index is 13.5. The highest BCUT2D eigenvalue weighted by atomic mass is 16.5. The molecule has 0 amide bonds. The maximum Gasteiger partial charge on any atom is 0.200 e. The van der Waals surface area contributed by atoms with E-state index in [1.807, 2.05) is 19.0 Å². The monoisotopic (exact) mass is 413 g/mol. The van der Waals surface area contributed by atoms with E-state index in [0.717, 1.165) is 0 Å². The zero-order chi connectivity index (χ0) is 22.0. The average molecular weight is 413 g/mol. The summed E-state index contributed by atoms with van der Waals surface area (Å²) in [6.45, 7) is 2.42. The van der Waals surface area contributed by atoms with Crippen LogP contribution in [0.2, 0.25) is 0 Å². The van der Waals surface area contributed by atoms with Crippen molar-refractivity contribution in [2.24, 2.45) is 0 Å². The van der Waals surface area contributed by atoms with E-state index in [1.165, 1.54) is 13.2 Å². The van der Waals surface area contributed by atoms with E-state index in [9.17, 15) is 9.90 Å². The van der Waals surface area contributed by atoms with Crippen molar-refractivity contribution in [1.82, 2.24) is 4.90 Å². The SMILES string of the molecule is COc1ccc(-c2c(C)oc3c(CCN(C)C)c(O)c(OC)cc3c2=O)cc1OC. The second-order valence-corrected chi connectivity index (χ2v) is 7.27. The molecule has 0 radical (unpaired) electrons. The summed E-state index contributed by atoms with van der Waals surface area (Å²) >= 11 is 0. The Bertz CT molecular complexity index is 1130. The molecule has 0 saturated heterocycles. The number of benzene rings is 2. The number of hydrogen-bond donors (Lipinski definition) is 1. The van der Waals surface area contributed by atoms with E-state index in [-0.39, 0.29) is 16.9 Å². The van der Waals surface area contributed by atoms with Crippen molar-refractivity contribution >= 4 is 11.0 Å². The number of fused-ring (bicyclic) bond motifs is 1. The first kappa shape index (κ1) is 21.5. The first-order chi connectivity index (χ1) is 14.3. The Hall–Kier alpha value is -3.19. The third kappa shape index (κ3) is 3.80. The molecule has 0 bridgehead atoms. The van der Waals surface area contributed by atoms with Crippen LogP contribution in [0.5, 0.6) is 23.0 Å². The number of ether oxygens (including phenoxy) is 3. The third-order valence-electron chi connectivity index (χ3n) is 5.09. The molecule has 1 heterocycles. The topological polar surface area (TPSA) is 81.4 Å². The van der Waals surface area contributed by atoms with Crippen LogP contribution < -0.4 is 19.6 Å². The predicted octanol–water partition coefficient (Wildman–Crippen LogP) is 3.60. The minimum absolute atomic E-state index is 0.00623. The second kappa shape index (κ2) is 8.67. The van der Waals surface area contributed by atoms with Crippen LogP contribution >= 0.6 is 0 Å². The van der Waals surface area contributed by atoms with Crippen LogP contribution in [0.15, 0.2) is 33.5 Å². The number of phenolic OH excluding ortho intramolecular Hbond substituents is 1. The third-order valence-corrected chi connectivity index (χ3v) is 5.09. The maximum atomic E-state index is 13.5. The molecule has 1 N–H and O–H groups in total. The zero-order valence-corrected chi connectivity index (χ0v) is 18.2. The van der Waals surface area contributed by atoms with Gasteiger partial charge in [-0.25, -0.2) is 0 Å². The summed E-state index contributed by atoms with van der Waals surface area (Å²) < 4.78 is 22.1. The van der Waals surface area contributed by atoms with E-state index < -0.39 is 0 Å². The van der Waals surface area contributed by atoms with Gasteiger partial charge in [-0.1, -0.05) is 6.07 Å². The lowest BCUT2D eigenvalue weighted by molar-refractivity contribution is 0.355. The highest BCUT2D eigenvalue weighted by molar-refractivity contribution is 5.89. The first-order valence-electron chi connectivity index (χ1n) is 9.55. The fourth-order valence-corrected chi connectivity index (χ4v) is 3.52. The molecule has 7 heteroatoms. The summed E-state index contributed by atoms with van der Waals surface area (Å²) in [4.78, 5) is 15.5. The number of nitrogens with zero attached hydrogens (tertiary/aromatic N) is 1. The van der Waals surface area contributed by atoms with E-state index in [0.29, 0.717) is 57.9 Å². The number of aromatic hydroxyl groups is 1. The van der Waals surface area contributed by atoms with Gasteiger partial charge in [0.05, 0.1) is 32.3 Å². The van der Waals surface area contributed by atoms with Gasteiger partial charge < -0.3 is 28.6 Å². The second-order valence-electron chi connectivity index (χ2n) is 7.27. The van der Waals surface area contributed by atoms with Crippen LogP contribution in [-0.2, 0) is 6.42 Å². The van der Waals surface area contributed by atoms with Crippen molar-refractivity contribution in [1.29, 1.82) is 0 Å². The molecule has 0 unspecified atom stereocenters. The van der Waals surface area contributed by atoms with Gasteiger partial charge in [-0.2, -0.15) is 0 Å². The molecule has 7 nitrogen and oxygen atoms in total. The highest BCUT2D eigenvalue weighted by Gasteiger charge is 2.22. The Kier molecular flexibility index (Phi) is 6.22. The lowest BCUT2D eigenvalue weighted by Crippen LogP contribution is -2.16. The van der Waals surface area contributed by atoms with E-state index in [2.05, 4.69) is 0 Å². The van der Waals surface area contributed by atoms with Crippen LogP contribution in [0.4, 0.5) is 0 Å². The van der Waals surface area contributed by atoms with Gasteiger partial charge in [0, 0.05) is 12.1 Å². The largest absolute Gasteiger partial charge is 0.504 e. The van der Waals surface area contributed by atoms with Crippen molar-refractivity contribution in [3.05, 3.63) is 45.8 Å². The Morgan fingerprint density at radius 1 is 1.00 bits per heavy atom. The average Bonchev–Trinajstić information content (AvgIpc) is 2.72. The number of likely N-dealkylation sites (N-methyl/N-ethyl adjacent to an activating group) is 1. The molecule has 0 aliphatic carbocycles. The number of rotatable bonds is 7. The van der Waals surface area contributed by atoms with Gasteiger partial charge in [-0.05, 0) is 51.2 Å². The van der Waals surface area contributed by atoms with E-state index >= 15 is 0 Å². The fourth-order valence-electron chi connectivity index (χ4n) is 3.52. The van der Waals surface area contributed by atoms with Crippen LogP contribution in [-0.4, -0.2) is 52.0 Å². The van der Waals surface area contributed by atoms with Crippen LogP contribution in [0.3, 0.4) is 0 Å². The molecule has 0 spiro atoms. The van der Waals surface area contributed by atoms with Gasteiger partial charge in [0.15, 0.2) is 23.0 Å². The Labute approximate surface area is 175 Å². The highest BCUT2D eigenvalue weighted by Crippen LogP contribution is 2.38. The molecular weight excluding hydrogens is 386 g/mol. The molecule has 160 valence electrons. The van der Waals surface area contributed by atoms with Crippen molar-refractivity contribution in [3.8, 4) is 34.1 Å². The standard InChI is InChI=1S/C23H27NO6/c1-13-20(14-7-8-17(27-4)18(11-14)28-5)22(26)16-12-19(29-6)21(25)15(23(16)30-13)9-10-24(2)3/h7-8,11-12,25H,9-10H2,1-6H3. The van der Waals surface area contributed by atoms with Crippen molar-refractivity contribution in [2.45, 2.75) is 13.3 Å². The van der Waals surface area contributed by atoms with Crippen molar-refractivity contribution in [3.63, 3.8) is 0 Å². The smallest absolute Gasteiger partial charge is 0.200 e. The quantitative estimate of drug-likeness (QED) is 0.634. The zero-order valence-electron chi connectivity index (χ0n) is 18.2. The summed E-state index contributed by atoms with van der Waals surface area (Å²) in [6, 6.07) is 6.81. The van der Waals surface area contributed by atoms with Gasteiger partial charge in [0.2, 0.25) is 5.43 Å². The molecule has 3 rings (SSSR count). The summed E-state index contributed by atoms with van der Waals surface area (Å²) in [5, 5.41) is 11.0. The summed E-state index contributed by atoms with van der Waals surface area (Å²) in [5.41, 5.74) is 1.81. The van der Waals surface area contributed by atoms with Gasteiger partial charge >= 0.3 is 0 Å². The molecule has 0 aliphatic heterocycles. The number of hydrogen-bond acceptors (Lipinski definition) is 7. The Morgan fingerprint density at radius 3 is 2.27 bits per heavy atom. The van der Waals surface area contributed by atoms with Gasteiger partial charge in [0.25, 0.3) is 0 Å². The van der Waals surface area contributed by atoms with E-state index in [4.69, 9.17) is 18.6 Å². The normalized spacial score (nSPS) is 11.2. The van der Waals surface area contributed by atoms with Crippen molar-refractivity contribution in [2.75, 3.05) is 42.0 Å². The number of phenols is 1. The molecule has 2 aromatic carbocycles. The lowest BCUT2D eigenvalue weighted by Gasteiger charge is -2.16. The van der Waals surface area contributed by atoms with Crippen molar-refractivity contribution < 1.29 is 23.7 Å². The Balaban J connectivity index is 2.29. The van der Waals surface area contributed by atoms with Gasteiger partial charge in [-0.3, -0.25) is 4.79 Å². The van der Waals surface area contributed by atoms with Gasteiger partial charge in [0.1, 0.15) is 11.3 Å². The summed E-state index contributed by atoms with van der Waals surface area (Å²) in [7, 11) is 8.44. The molecule has 30 heavy (non-hydrogen) atoms. The summed E-state index contributed by atoms with van der Waals surface area (Å²) in [6.07, 6.45) is 0.505. The van der Waals surface area contributed by atoms with Crippen LogP contribution in [0.25, 0.3) is 22.1 Å². The van der Waals surface area contributed by atoms with Gasteiger partial charge in [-0.15, -0.1) is 0 Å². The minimum atomic E-state index is -0.203. The fraction of sp³-hybridized carbons (Fsp3) is 0.348. The molecule has 0 aliphatic rings. The molecule has 0 atom stereocenters. The first-order valence-corrected chi connectivity index (χ1v) is 9.55. The van der Waals surface area contributed by atoms with E-state index in [1.54, 1.807) is 39.3 Å². The molecular formula is C23H27NO6. The minimum Gasteiger partial charge on any atom is -0.504 e. The Morgan fingerprint density at radius 2 is 1.67 bits per heavy atom. The molecule has 0 fully saturated rings. The lowest BCUT2D eigenvalue weighted by atomic mass is 9.99. The molecule has 3 aromatic rings. The van der Waals surface area contributed by atoms with Crippen LogP contribution in [0, 0.1) is 6.92 Å². The summed E-state index contributed by atoms with van der Waals surface area (Å²) in [5.74, 6) is 1.78. The number of methoxy groups -OCH3 is 3. The molecule has 0 saturated carbocycles.